The van der Waals surface area contributed by atoms with Crippen LogP contribution in [-0.4, -0.2) is 86.8 Å². The fourth-order valence-corrected chi connectivity index (χ4v) is 4.68. The number of hydrogen-bond donors (Lipinski definition) is 3. The molecule has 0 spiro atoms. The number of carbonyl (C=O) groups excluding carboxylic acids is 2. The van der Waals surface area contributed by atoms with E-state index in [-0.39, 0.29) is 61.2 Å². The van der Waals surface area contributed by atoms with Crippen LogP contribution >= 0.6 is 0 Å². The van der Waals surface area contributed by atoms with Crippen molar-refractivity contribution in [1.29, 1.82) is 5.41 Å². The number of rotatable bonds is 17. The lowest BCUT2D eigenvalue weighted by Gasteiger charge is -2.20. The molecule has 0 fully saturated rings. The van der Waals surface area contributed by atoms with Crippen molar-refractivity contribution in [1.82, 2.24) is 30.0 Å². The number of aromatic nitrogens is 5. The largest absolute Gasteiger partial charge is 0.511 e. The topological polar surface area (TPSA) is 193 Å². The Balaban J connectivity index is 1.69. The number of amidine groups is 1. The van der Waals surface area contributed by atoms with E-state index in [1.54, 1.807) is 43.3 Å². The van der Waals surface area contributed by atoms with Gasteiger partial charge in [0.15, 0.2) is 17.4 Å². The molecule has 0 saturated carbocycles. The molecule has 2 aromatic carbocycles. The second kappa shape index (κ2) is 18.5. The molecular weight excluding hydrogens is 684 g/mol. The summed E-state index contributed by atoms with van der Waals surface area (Å²) in [6, 6.07) is 11.2. The van der Waals surface area contributed by atoms with Crippen molar-refractivity contribution in [2.24, 2.45) is 0 Å². The molecule has 52 heavy (non-hydrogen) atoms. The minimum absolute atomic E-state index is 0.0383. The van der Waals surface area contributed by atoms with Crippen LogP contribution in [0.2, 0.25) is 0 Å². The van der Waals surface area contributed by atoms with Crippen LogP contribution in [0.5, 0.6) is 11.8 Å². The highest BCUT2D eigenvalue weighted by atomic mass is 19.1. The van der Waals surface area contributed by atoms with Crippen molar-refractivity contribution < 1.29 is 47.2 Å². The predicted molar refractivity (Wildman–Crippen MR) is 182 cm³/mol. The first kappa shape index (κ1) is 39.1. The van der Waals surface area contributed by atoms with Crippen LogP contribution in [0.15, 0.2) is 54.9 Å². The molecule has 2 aromatic heterocycles. The third-order valence-corrected chi connectivity index (χ3v) is 7.27. The number of aryl methyl sites for hydroxylation is 1. The Morgan fingerprint density at radius 2 is 1.81 bits per heavy atom. The highest BCUT2D eigenvalue weighted by Crippen LogP contribution is 2.35. The maximum Gasteiger partial charge on any atom is 0.511 e. The standard InChI is InChI=1S/C35H41F2N7O8/c1-5-6-15-49-33(46)41-29(38)24-10-8-23(9-11-24)19-26(25-17-22(2)18-27(28(25)37)48-16-14-45)30-42-32(44(43-30)31-39-12-7-13-40-31)50-21-51-34(47)52-35(3,4)20-36/h7-13,17-18,26,45H,5-6,14-16,19-21H2,1-4H3,(H2,38,41,46)/t26-/m1/s1. The fraction of sp³-hybridized carbons (Fsp3) is 0.400. The summed E-state index contributed by atoms with van der Waals surface area (Å²) in [5, 5.41) is 24.6. The normalized spacial score (nSPS) is 11.8. The van der Waals surface area contributed by atoms with E-state index in [0.29, 0.717) is 23.1 Å². The molecule has 0 aliphatic rings. The third-order valence-electron chi connectivity index (χ3n) is 7.27. The number of nitrogens with one attached hydrogen (secondary N) is 2. The number of alkyl carbamates (subject to hydrolysis) is 1. The molecule has 4 rings (SSSR count). The number of amides is 1. The van der Waals surface area contributed by atoms with Crippen molar-refractivity contribution in [3.63, 3.8) is 0 Å². The first-order valence-corrected chi connectivity index (χ1v) is 16.4. The molecule has 15 nitrogen and oxygen atoms in total. The first-order valence-electron chi connectivity index (χ1n) is 16.4. The molecule has 0 unspecified atom stereocenters. The summed E-state index contributed by atoms with van der Waals surface area (Å²) in [5.74, 6) is -1.74. The molecule has 4 aromatic rings. The summed E-state index contributed by atoms with van der Waals surface area (Å²) in [7, 11) is 0. The second-order valence-corrected chi connectivity index (χ2v) is 12.0. The van der Waals surface area contributed by atoms with E-state index in [9.17, 15) is 19.1 Å². The van der Waals surface area contributed by atoms with E-state index in [2.05, 4.69) is 25.4 Å². The van der Waals surface area contributed by atoms with Gasteiger partial charge in [-0.1, -0.05) is 43.7 Å². The summed E-state index contributed by atoms with van der Waals surface area (Å²) < 4.78 is 56.6. The number of hydrogen-bond acceptors (Lipinski definition) is 13. The molecular formula is C35H41F2N7O8. The fourth-order valence-electron chi connectivity index (χ4n) is 4.68. The van der Waals surface area contributed by atoms with Crippen LogP contribution in [0.25, 0.3) is 5.95 Å². The molecule has 0 bridgehead atoms. The number of nitrogens with zero attached hydrogens (tertiary/aromatic N) is 5. The van der Waals surface area contributed by atoms with Gasteiger partial charge in [-0.3, -0.25) is 10.7 Å². The third kappa shape index (κ3) is 10.9. The van der Waals surface area contributed by atoms with E-state index in [0.717, 1.165) is 11.1 Å². The molecule has 3 N–H and O–H groups in total. The Bertz CT molecular complexity index is 1810. The van der Waals surface area contributed by atoms with Crippen LogP contribution < -0.4 is 14.8 Å². The van der Waals surface area contributed by atoms with Crippen LogP contribution in [0, 0.1) is 18.2 Å². The van der Waals surface area contributed by atoms with Gasteiger partial charge in [0.25, 0.3) is 5.95 Å². The number of carbonyl (C=O) groups is 2. The SMILES string of the molecule is CCCCOC(=O)NC(=N)c1ccc(C[C@@H](c2nc(OCOC(=O)OC(C)(C)CF)n(-c3ncccn3)n2)c2cc(C)cc(OCCO)c2F)cc1. The van der Waals surface area contributed by atoms with Gasteiger partial charge in [0.2, 0.25) is 6.79 Å². The van der Waals surface area contributed by atoms with E-state index < -0.39 is 43.1 Å². The number of aliphatic hydroxyl groups is 1. The van der Waals surface area contributed by atoms with Crippen molar-refractivity contribution in [3.8, 4) is 17.7 Å². The number of ether oxygens (including phenoxy) is 5. The molecule has 1 atom stereocenters. The lowest BCUT2D eigenvalue weighted by molar-refractivity contribution is -0.0520. The molecule has 1 amide bonds. The molecule has 2 heterocycles. The van der Waals surface area contributed by atoms with Crippen molar-refractivity contribution >= 4 is 18.1 Å². The van der Waals surface area contributed by atoms with Gasteiger partial charge in [0, 0.05) is 23.5 Å². The average molecular weight is 726 g/mol. The van der Waals surface area contributed by atoms with Crippen LogP contribution in [0.3, 0.4) is 0 Å². The molecule has 0 aliphatic carbocycles. The van der Waals surface area contributed by atoms with Crippen LogP contribution in [-0.2, 0) is 20.6 Å². The number of alkyl halides is 1. The molecule has 278 valence electrons. The maximum absolute atomic E-state index is 16.2. The van der Waals surface area contributed by atoms with Crippen LogP contribution in [0.4, 0.5) is 18.4 Å². The minimum Gasteiger partial charge on any atom is -0.488 e. The van der Waals surface area contributed by atoms with Gasteiger partial charge in [-0.05, 0) is 56.9 Å². The van der Waals surface area contributed by atoms with E-state index >= 15 is 4.39 Å². The highest BCUT2D eigenvalue weighted by Gasteiger charge is 2.29. The number of halogens is 2. The molecule has 17 heteroatoms. The average Bonchev–Trinajstić information content (AvgIpc) is 3.55. The maximum atomic E-state index is 16.2. The Labute approximate surface area is 298 Å². The summed E-state index contributed by atoms with van der Waals surface area (Å²) in [6.45, 7) is 4.59. The summed E-state index contributed by atoms with van der Waals surface area (Å²) in [6.07, 6.45) is 2.69. The van der Waals surface area contributed by atoms with E-state index in [1.807, 2.05) is 6.92 Å². The molecule has 0 saturated heterocycles. The summed E-state index contributed by atoms with van der Waals surface area (Å²) >= 11 is 0. The zero-order valence-corrected chi connectivity index (χ0v) is 29.2. The van der Waals surface area contributed by atoms with Gasteiger partial charge in [0.05, 0.1) is 19.1 Å². The Hall–Kier alpha value is -5.71. The van der Waals surface area contributed by atoms with Gasteiger partial charge in [-0.25, -0.2) is 28.3 Å². The lowest BCUT2D eigenvalue weighted by Crippen LogP contribution is -2.31. The Morgan fingerprint density at radius 1 is 1.08 bits per heavy atom. The van der Waals surface area contributed by atoms with Gasteiger partial charge in [-0.2, -0.15) is 4.98 Å². The molecule has 0 radical (unpaired) electrons. The van der Waals surface area contributed by atoms with Crippen LogP contribution in [0.1, 0.15) is 67.6 Å². The summed E-state index contributed by atoms with van der Waals surface area (Å²) in [4.78, 5) is 37.2. The van der Waals surface area contributed by atoms with Crippen molar-refractivity contribution in [3.05, 3.63) is 88.8 Å². The lowest BCUT2D eigenvalue weighted by atomic mass is 9.89. The minimum atomic E-state index is -1.41. The number of aliphatic hydroxyl groups excluding tert-OH is 1. The Kier molecular flexibility index (Phi) is 13.9. The molecule has 0 aliphatic heterocycles. The summed E-state index contributed by atoms with van der Waals surface area (Å²) in [5.41, 5.74) is 0.485. The Morgan fingerprint density at radius 3 is 2.48 bits per heavy atom. The number of benzene rings is 2. The van der Waals surface area contributed by atoms with E-state index in [1.165, 1.54) is 32.3 Å². The number of unbranched alkanes of at least 4 members (excludes halogenated alkanes) is 1. The van der Waals surface area contributed by atoms with Gasteiger partial charge in [0.1, 0.15) is 24.7 Å². The zero-order valence-electron chi connectivity index (χ0n) is 29.2. The van der Waals surface area contributed by atoms with E-state index in [4.69, 9.17) is 29.1 Å². The highest BCUT2D eigenvalue weighted by molar-refractivity contribution is 6.04. The quantitative estimate of drug-likeness (QED) is 0.0417. The first-order chi connectivity index (χ1) is 24.9. The smallest absolute Gasteiger partial charge is 0.488 e. The van der Waals surface area contributed by atoms with Gasteiger partial charge < -0.3 is 28.8 Å². The monoisotopic (exact) mass is 725 g/mol. The van der Waals surface area contributed by atoms with Gasteiger partial charge in [-0.15, -0.1) is 9.78 Å². The second-order valence-electron chi connectivity index (χ2n) is 12.0. The zero-order chi connectivity index (χ0) is 37.7. The van der Waals surface area contributed by atoms with Crippen molar-refractivity contribution in [2.75, 3.05) is 33.3 Å². The predicted octanol–water partition coefficient (Wildman–Crippen LogP) is 5.34. The van der Waals surface area contributed by atoms with Gasteiger partial charge >= 0.3 is 18.3 Å². The van der Waals surface area contributed by atoms with Crippen molar-refractivity contribution in [2.45, 2.75) is 58.5 Å².